The molecule has 0 bridgehead atoms. The molecular weight excluding hydrogens is 350 g/mol. The van der Waals surface area contributed by atoms with E-state index in [4.69, 9.17) is 4.74 Å². The number of thioether (sulfide) groups is 1. The third kappa shape index (κ3) is 3.23. The number of nitrogens with one attached hydrogen (secondary N) is 1. The Morgan fingerprint density at radius 3 is 2.68 bits per heavy atom. The lowest BCUT2D eigenvalue weighted by molar-refractivity contribution is -0.147. The van der Waals surface area contributed by atoms with Gasteiger partial charge in [-0.3, -0.25) is 4.79 Å². The number of hydrogen-bond acceptors (Lipinski definition) is 6. The van der Waals surface area contributed by atoms with E-state index in [2.05, 4.69) is 22.0 Å². The molecule has 132 valence electrons. The summed E-state index contributed by atoms with van der Waals surface area (Å²) in [7, 11) is 0. The zero-order valence-corrected chi connectivity index (χ0v) is 14.4. The third-order valence-corrected chi connectivity index (χ3v) is 4.33. The number of carbonyl (C=O) groups excluding carboxylic acids is 1. The van der Waals surface area contributed by atoms with Crippen LogP contribution in [0, 0.1) is 17.6 Å². The largest absolute Gasteiger partial charge is 0.465 e. The van der Waals surface area contributed by atoms with Crippen LogP contribution in [0.2, 0.25) is 0 Å². The third-order valence-electron chi connectivity index (χ3n) is 3.79. The number of carbonyl (C=O) groups is 1. The lowest BCUT2D eigenvalue weighted by Crippen LogP contribution is -2.38. The maximum Gasteiger partial charge on any atom is 0.317 e. The summed E-state index contributed by atoms with van der Waals surface area (Å²) in [4.78, 5) is 16.8. The van der Waals surface area contributed by atoms with Crippen LogP contribution in [0.4, 0.5) is 14.7 Å². The Bertz CT molecular complexity index is 819. The van der Waals surface area contributed by atoms with Gasteiger partial charge in [-0.15, -0.1) is 5.10 Å². The van der Waals surface area contributed by atoms with Crippen LogP contribution in [-0.2, 0) is 9.53 Å². The summed E-state index contributed by atoms with van der Waals surface area (Å²) < 4.78 is 34.1. The molecule has 0 saturated heterocycles. The maximum absolute atomic E-state index is 13.8. The molecule has 9 heteroatoms. The highest BCUT2D eigenvalue weighted by Crippen LogP contribution is 2.39. The first-order valence-corrected chi connectivity index (χ1v) is 8.76. The average Bonchev–Trinajstić information content (AvgIpc) is 2.95. The van der Waals surface area contributed by atoms with Crippen LogP contribution in [0.15, 0.2) is 35.6 Å². The first-order valence-electron chi connectivity index (χ1n) is 7.53. The predicted molar refractivity (Wildman–Crippen MR) is 89.2 cm³/mol. The standard InChI is InChI=1S/C16H16F2N4O2S/c1-4-24-14(23)12-8(2)19-15-20-16(25-3)21-22(15)13(12)9-5-10(17)7-11(18)6-9/h5-7,12-13H,2,4H2,1,3H3,(H,19,20,21)/t12-,13+/m1/s1. The Balaban J connectivity index is 2.17. The van der Waals surface area contributed by atoms with Gasteiger partial charge in [0.05, 0.1) is 12.6 Å². The fourth-order valence-corrected chi connectivity index (χ4v) is 3.15. The second kappa shape index (κ2) is 6.83. The lowest BCUT2D eigenvalue weighted by atomic mass is 9.89. The van der Waals surface area contributed by atoms with Crippen LogP contribution in [0.25, 0.3) is 0 Å². The van der Waals surface area contributed by atoms with E-state index in [0.717, 1.165) is 6.07 Å². The molecule has 3 rings (SSSR count). The van der Waals surface area contributed by atoms with Crippen molar-refractivity contribution in [3.63, 3.8) is 0 Å². The van der Waals surface area contributed by atoms with Gasteiger partial charge in [0.15, 0.2) is 0 Å². The monoisotopic (exact) mass is 366 g/mol. The van der Waals surface area contributed by atoms with E-state index in [9.17, 15) is 13.6 Å². The molecule has 1 aliphatic heterocycles. The number of esters is 1. The van der Waals surface area contributed by atoms with Crippen molar-refractivity contribution in [1.29, 1.82) is 0 Å². The van der Waals surface area contributed by atoms with Gasteiger partial charge >= 0.3 is 5.97 Å². The molecular formula is C16H16F2N4O2S. The Morgan fingerprint density at radius 2 is 2.08 bits per heavy atom. The van der Waals surface area contributed by atoms with Crippen molar-refractivity contribution < 1.29 is 18.3 Å². The Hall–Kier alpha value is -2.42. The number of fused-ring (bicyclic) bond motifs is 1. The summed E-state index contributed by atoms with van der Waals surface area (Å²) in [5.41, 5.74) is 0.581. The number of halogens is 2. The van der Waals surface area contributed by atoms with Crippen molar-refractivity contribution in [2.75, 3.05) is 18.2 Å². The number of hydrogen-bond donors (Lipinski definition) is 1. The van der Waals surface area contributed by atoms with Gasteiger partial charge in [0.2, 0.25) is 11.1 Å². The highest BCUT2D eigenvalue weighted by Gasteiger charge is 2.41. The predicted octanol–water partition coefficient (Wildman–Crippen LogP) is 2.99. The van der Waals surface area contributed by atoms with Crippen molar-refractivity contribution in [3.8, 4) is 0 Å². The minimum absolute atomic E-state index is 0.174. The van der Waals surface area contributed by atoms with Crippen LogP contribution in [0.5, 0.6) is 0 Å². The summed E-state index contributed by atoms with van der Waals surface area (Å²) in [6.45, 7) is 5.72. The zero-order chi connectivity index (χ0) is 18.1. The Morgan fingerprint density at radius 1 is 1.40 bits per heavy atom. The van der Waals surface area contributed by atoms with Crippen molar-refractivity contribution in [1.82, 2.24) is 14.8 Å². The molecule has 1 aromatic carbocycles. The second-order valence-corrected chi connectivity index (χ2v) is 6.17. The van der Waals surface area contributed by atoms with Crippen molar-refractivity contribution in [2.24, 2.45) is 5.92 Å². The van der Waals surface area contributed by atoms with E-state index in [1.807, 2.05) is 0 Å². The van der Waals surface area contributed by atoms with Crippen LogP contribution in [0.1, 0.15) is 18.5 Å². The van der Waals surface area contributed by atoms with Gasteiger partial charge in [-0.25, -0.2) is 13.5 Å². The smallest absolute Gasteiger partial charge is 0.317 e. The summed E-state index contributed by atoms with van der Waals surface area (Å²) in [6.07, 6.45) is 1.80. The Labute approximate surface area is 147 Å². The Kier molecular flexibility index (Phi) is 4.76. The molecule has 0 fully saturated rings. The fourth-order valence-electron chi connectivity index (χ4n) is 2.81. The number of rotatable bonds is 4. The molecule has 0 radical (unpaired) electrons. The first-order chi connectivity index (χ1) is 11.9. The molecule has 0 spiro atoms. The van der Waals surface area contributed by atoms with E-state index in [-0.39, 0.29) is 12.2 Å². The van der Waals surface area contributed by atoms with Crippen molar-refractivity contribution in [3.05, 3.63) is 47.7 Å². The second-order valence-electron chi connectivity index (χ2n) is 5.39. The SMILES string of the molecule is C=C1Nc2nc(SC)nn2[C@@H](c2cc(F)cc(F)c2)[C@@H]1C(=O)OCC. The number of aromatic nitrogens is 3. The minimum Gasteiger partial charge on any atom is -0.465 e. The van der Waals surface area contributed by atoms with E-state index in [1.54, 1.807) is 13.2 Å². The van der Waals surface area contributed by atoms with Gasteiger partial charge in [0.25, 0.3) is 0 Å². The number of anilines is 1. The maximum atomic E-state index is 13.8. The van der Waals surface area contributed by atoms with Gasteiger partial charge in [0, 0.05) is 11.8 Å². The topological polar surface area (TPSA) is 69.0 Å². The zero-order valence-electron chi connectivity index (χ0n) is 13.6. The van der Waals surface area contributed by atoms with E-state index < -0.39 is 29.6 Å². The van der Waals surface area contributed by atoms with E-state index in [0.29, 0.717) is 16.8 Å². The highest BCUT2D eigenvalue weighted by atomic mass is 32.2. The van der Waals surface area contributed by atoms with Crippen LogP contribution >= 0.6 is 11.8 Å². The molecule has 1 aromatic heterocycles. The molecule has 0 amide bonds. The average molecular weight is 366 g/mol. The van der Waals surface area contributed by atoms with Crippen molar-refractivity contribution >= 4 is 23.7 Å². The highest BCUT2D eigenvalue weighted by molar-refractivity contribution is 7.98. The molecule has 1 N–H and O–H groups in total. The van der Waals surface area contributed by atoms with Gasteiger partial charge < -0.3 is 10.1 Å². The number of benzene rings is 1. The molecule has 0 saturated carbocycles. The van der Waals surface area contributed by atoms with Crippen molar-refractivity contribution in [2.45, 2.75) is 18.1 Å². The summed E-state index contributed by atoms with van der Waals surface area (Å²) >= 11 is 1.31. The lowest BCUT2D eigenvalue weighted by Gasteiger charge is -2.33. The van der Waals surface area contributed by atoms with E-state index in [1.165, 1.54) is 28.6 Å². The summed E-state index contributed by atoms with van der Waals surface area (Å²) in [6, 6.07) is 2.29. The van der Waals surface area contributed by atoms with E-state index >= 15 is 0 Å². The molecule has 1 aliphatic rings. The van der Waals surface area contributed by atoms with Gasteiger partial charge in [0.1, 0.15) is 17.6 Å². The molecule has 25 heavy (non-hydrogen) atoms. The quantitative estimate of drug-likeness (QED) is 0.663. The molecule has 6 nitrogen and oxygen atoms in total. The molecule has 2 heterocycles. The van der Waals surface area contributed by atoms with Gasteiger partial charge in [-0.05, 0) is 30.9 Å². The molecule has 2 aromatic rings. The first kappa shape index (κ1) is 17.4. The minimum atomic E-state index is -0.898. The van der Waals surface area contributed by atoms with Gasteiger partial charge in [-0.1, -0.05) is 18.3 Å². The van der Waals surface area contributed by atoms with Crippen LogP contribution in [-0.4, -0.2) is 33.6 Å². The van der Waals surface area contributed by atoms with Crippen LogP contribution < -0.4 is 5.32 Å². The fraction of sp³-hybridized carbons (Fsp3) is 0.312. The molecule has 2 atom stereocenters. The number of ether oxygens (including phenoxy) is 1. The molecule has 0 unspecified atom stereocenters. The number of nitrogens with zero attached hydrogens (tertiary/aromatic N) is 3. The van der Waals surface area contributed by atoms with Crippen LogP contribution in [0.3, 0.4) is 0 Å². The summed E-state index contributed by atoms with van der Waals surface area (Å²) in [5, 5.41) is 7.71. The summed E-state index contributed by atoms with van der Waals surface area (Å²) in [5.74, 6) is -2.59. The van der Waals surface area contributed by atoms with Gasteiger partial charge in [-0.2, -0.15) is 4.98 Å². The molecule has 0 aliphatic carbocycles. The normalized spacial score (nSPS) is 19.3.